The monoisotopic (exact) mass is 265 g/mol. The van der Waals surface area contributed by atoms with E-state index in [1.54, 1.807) is 13.0 Å². The van der Waals surface area contributed by atoms with Gasteiger partial charge in [0.05, 0.1) is 11.8 Å². The van der Waals surface area contributed by atoms with Crippen molar-refractivity contribution in [3.8, 4) is 0 Å². The van der Waals surface area contributed by atoms with Crippen molar-refractivity contribution >= 4 is 5.69 Å². The molecular formula is C16H24FNO. The van der Waals surface area contributed by atoms with Crippen molar-refractivity contribution in [2.24, 2.45) is 0 Å². The molecule has 1 N–H and O–H groups in total. The molecule has 1 fully saturated rings. The van der Waals surface area contributed by atoms with E-state index in [-0.39, 0.29) is 5.82 Å². The Morgan fingerprint density at radius 2 is 1.84 bits per heavy atom. The largest absolute Gasteiger partial charge is 0.389 e. The summed E-state index contributed by atoms with van der Waals surface area (Å²) in [4.78, 5) is 2.04. The van der Waals surface area contributed by atoms with Crippen LogP contribution in [-0.2, 0) is 0 Å². The predicted octanol–water partition coefficient (Wildman–Crippen LogP) is 4.04. The second-order valence-corrected chi connectivity index (χ2v) is 5.61. The van der Waals surface area contributed by atoms with E-state index in [9.17, 15) is 9.50 Å². The Morgan fingerprint density at radius 3 is 2.42 bits per heavy atom. The summed E-state index contributed by atoms with van der Waals surface area (Å²) in [6, 6.07) is 5.35. The van der Waals surface area contributed by atoms with Crippen LogP contribution in [0, 0.1) is 5.82 Å². The maximum Gasteiger partial charge on any atom is 0.146 e. The summed E-state index contributed by atoms with van der Waals surface area (Å²) in [5, 5.41) is 9.84. The number of rotatable bonds is 3. The topological polar surface area (TPSA) is 23.5 Å². The molecule has 0 radical (unpaired) electrons. The molecule has 1 aromatic carbocycles. The van der Waals surface area contributed by atoms with Crippen LogP contribution in [0.25, 0.3) is 0 Å². The van der Waals surface area contributed by atoms with Gasteiger partial charge in [-0.25, -0.2) is 4.39 Å². The average Bonchev–Trinajstić information content (AvgIpc) is 2.66. The first-order valence-electron chi connectivity index (χ1n) is 7.30. The van der Waals surface area contributed by atoms with E-state index in [2.05, 4.69) is 0 Å². The van der Waals surface area contributed by atoms with Gasteiger partial charge in [0.2, 0.25) is 0 Å². The molecule has 3 heteroatoms. The maximum atomic E-state index is 14.2. The summed E-state index contributed by atoms with van der Waals surface area (Å²) in [7, 11) is 1.96. The molecule has 1 aliphatic rings. The highest BCUT2D eigenvalue weighted by atomic mass is 19.1. The van der Waals surface area contributed by atoms with Crippen molar-refractivity contribution in [3.05, 3.63) is 29.6 Å². The average molecular weight is 265 g/mol. The van der Waals surface area contributed by atoms with Crippen molar-refractivity contribution in [2.45, 2.75) is 57.6 Å². The van der Waals surface area contributed by atoms with E-state index < -0.39 is 6.10 Å². The number of aliphatic hydroxyl groups is 1. The smallest absolute Gasteiger partial charge is 0.146 e. The molecule has 2 nitrogen and oxygen atoms in total. The molecule has 0 bridgehead atoms. The van der Waals surface area contributed by atoms with Crippen LogP contribution in [0.2, 0.25) is 0 Å². The van der Waals surface area contributed by atoms with E-state index >= 15 is 0 Å². The van der Waals surface area contributed by atoms with Gasteiger partial charge in [-0.1, -0.05) is 37.8 Å². The molecule has 0 aliphatic heterocycles. The van der Waals surface area contributed by atoms with Crippen molar-refractivity contribution < 1.29 is 9.50 Å². The van der Waals surface area contributed by atoms with Crippen LogP contribution in [0.3, 0.4) is 0 Å². The van der Waals surface area contributed by atoms with E-state index in [0.29, 0.717) is 17.3 Å². The first-order valence-corrected chi connectivity index (χ1v) is 7.30. The van der Waals surface area contributed by atoms with Gasteiger partial charge in [0, 0.05) is 18.7 Å². The second kappa shape index (κ2) is 6.38. The van der Waals surface area contributed by atoms with Crippen LogP contribution in [0.1, 0.15) is 57.1 Å². The molecule has 2 rings (SSSR count). The number of halogens is 1. The summed E-state index contributed by atoms with van der Waals surface area (Å²) in [5.74, 6) is -0.231. The molecule has 19 heavy (non-hydrogen) atoms. The summed E-state index contributed by atoms with van der Waals surface area (Å²) in [5.41, 5.74) is 1.26. The fraction of sp³-hybridized carbons (Fsp3) is 0.625. The minimum Gasteiger partial charge on any atom is -0.389 e. The van der Waals surface area contributed by atoms with Crippen LogP contribution in [0.15, 0.2) is 18.2 Å². The minimum absolute atomic E-state index is 0.231. The maximum absolute atomic E-state index is 14.2. The van der Waals surface area contributed by atoms with Crippen LogP contribution in [0.5, 0.6) is 0 Å². The number of para-hydroxylation sites is 1. The number of hydrogen-bond donors (Lipinski definition) is 1. The zero-order chi connectivity index (χ0) is 13.8. The molecule has 106 valence electrons. The molecule has 0 heterocycles. The second-order valence-electron chi connectivity index (χ2n) is 5.61. The Bertz CT molecular complexity index is 411. The fourth-order valence-electron chi connectivity index (χ4n) is 3.07. The van der Waals surface area contributed by atoms with Gasteiger partial charge in [-0.15, -0.1) is 0 Å². The first kappa shape index (κ1) is 14.3. The molecule has 0 saturated heterocycles. The normalized spacial score (nSPS) is 18.9. The standard InChI is InChI=1S/C16H24FNO/c1-12(19)14-10-7-11-15(17)16(14)18(2)13-8-5-3-4-6-9-13/h7,10-13,19H,3-6,8-9H2,1-2H3. The zero-order valence-corrected chi connectivity index (χ0v) is 11.9. The predicted molar refractivity (Wildman–Crippen MR) is 76.9 cm³/mol. The number of nitrogens with zero attached hydrogens (tertiary/aromatic N) is 1. The van der Waals surface area contributed by atoms with Gasteiger partial charge in [0.15, 0.2) is 0 Å². The lowest BCUT2D eigenvalue weighted by molar-refractivity contribution is 0.199. The van der Waals surface area contributed by atoms with Crippen LogP contribution in [0.4, 0.5) is 10.1 Å². The van der Waals surface area contributed by atoms with E-state index in [1.165, 1.54) is 31.7 Å². The lowest BCUT2D eigenvalue weighted by atomic mass is 10.0. The molecule has 0 aromatic heterocycles. The molecule has 1 atom stereocenters. The Kier molecular flexibility index (Phi) is 4.81. The molecule has 0 amide bonds. The number of anilines is 1. The Morgan fingerprint density at radius 1 is 1.21 bits per heavy atom. The lowest BCUT2D eigenvalue weighted by Crippen LogP contribution is -2.32. The van der Waals surface area contributed by atoms with E-state index in [0.717, 1.165) is 12.8 Å². The van der Waals surface area contributed by atoms with Crippen molar-refractivity contribution in [1.29, 1.82) is 0 Å². The van der Waals surface area contributed by atoms with Gasteiger partial charge in [0.25, 0.3) is 0 Å². The van der Waals surface area contributed by atoms with Gasteiger partial charge in [0.1, 0.15) is 5.82 Å². The van der Waals surface area contributed by atoms with Gasteiger partial charge in [-0.2, -0.15) is 0 Å². The Labute approximate surface area is 115 Å². The van der Waals surface area contributed by atoms with Crippen LogP contribution < -0.4 is 4.90 Å². The summed E-state index contributed by atoms with van der Waals surface area (Å²) >= 11 is 0. The molecular weight excluding hydrogens is 241 g/mol. The summed E-state index contributed by atoms with van der Waals surface area (Å²) in [6.07, 6.45) is 6.59. The molecule has 1 saturated carbocycles. The van der Waals surface area contributed by atoms with Gasteiger partial charge in [-0.3, -0.25) is 0 Å². The highest BCUT2D eigenvalue weighted by Gasteiger charge is 2.23. The molecule has 1 aromatic rings. The third-order valence-corrected chi connectivity index (χ3v) is 4.19. The Hall–Kier alpha value is -1.09. The van der Waals surface area contributed by atoms with Crippen molar-refractivity contribution in [1.82, 2.24) is 0 Å². The summed E-state index contributed by atoms with van der Waals surface area (Å²) in [6.45, 7) is 1.69. The van der Waals surface area contributed by atoms with Crippen LogP contribution in [-0.4, -0.2) is 18.2 Å². The number of hydrogen-bond acceptors (Lipinski definition) is 2. The van der Waals surface area contributed by atoms with Crippen LogP contribution >= 0.6 is 0 Å². The fourth-order valence-corrected chi connectivity index (χ4v) is 3.07. The SMILES string of the molecule is CC(O)c1cccc(F)c1N(C)C1CCCCCC1. The molecule has 0 spiro atoms. The van der Waals surface area contributed by atoms with Gasteiger partial charge in [-0.05, 0) is 25.8 Å². The zero-order valence-electron chi connectivity index (χ0n) is 11.9. The first-order chi connectivity index (χ1) is 9.11. The highest BCUT2D eigenvalue weighted by molar-refractivity contribution is 5.56. The Balaban J connectivity index is 2.28. The number of aliphatic hydroxyl groups excluding tert-OH is 1. The molecule has 1 aliphatic carbocycles. The minimum atomic E-state index is -0.640. The van der Waals surface area contributed by atoms with Gasteiger partial charge < -0.3 is 10.0 Å². The quantitative estimate of drug-likeness (QED) is 0.834. The lowest BCUT2D eigenvalue weighted by Gasteiger charge is -2.32. The molecule has 1 unspecified atom stereocenters. The highest BCUT2D eigenvalue weighted by Crippen LogP contribution is 2.32. The van der Waals surface area contributed by atoms with E-state index in [4.69, 9.17) is 0 Å². The third-order valence-electron chi connectivity index (χ3n) is 4.19. The number of benzene rings is 1. The van der Waals surface area contributed by atoms with E-state index in [1.807, 2.05) is 18.0 Å². The van der Waals surface area contributed by atoms with Gasteiger partial charge >= 0.3 is 0 Å². The third kappa shape index (κ3) is 3.27. The summed E-state index contributed by atoms with van der Waals surface area (Å²) < 4.78 is 14.2. The van der Waals surface area contributed by atoms with Crippen molar-refractivity contribution in [3.63, 3.8) is 0 Å². The van der Waals surface area contributed by atoms with Crippen molar-refractivity contribution in [2.75, 3.05) is 11.9 Å².